The molecule has 0 aliphatic rings. The van der Waals surface area contributed by atoms with Gasteiger partial charge in [-0.1, -0.05) is 29.8 Å². The quantitative estimate of drug-likeness (QED) is 0.443. The molecular weight excluding hydrogens is 418 g/mol. The molecule has 30 heavy (non-hydrogen) atoms. The first-order chi connectivity index (χ1) is 14.5. The first kappa shape index (κ1) is 21.6. The van der Waals surface area contributed by atoms with Crippen LogP contribution in [0.3, 0.4) is 0 Å². The lowest BCUT2D eigenvalue weighted by molar-refractivity contribution is 0.0766. The summed E-state index contributed by atoms with van der Waals surface area (Å²) in [6.07, 6.45) is 1.70. The van der Waals surface area contributed by atoms with E-state index < -0.39 is 0 Å². The van der Waals surface area contributed by atoms with Crippen LogP contribution >= 0.6 is 22.9 Å². The van der Waals surface area contributed by atoms with E-state index in [-0.39, 0.29) is 12.5 Å². The van der Waals surface area contributed by atoms with Crippen LogP contribution in [0.25, 0.3) is 0 Å². The van der Waals surface area contributed by atoms with E-state index in [1.807, 2.05) is 19.1 Å². The molecule has 7 heteroatoms. The van der Waals surface area contributed by atoms with Crippen molar-refractivity contribution in [3.8, 4) is 11.8 Å². The lowest BCUT2D eigenvalue weighted by Crippen LogP contribution is -2.30. The van der Waals surface area contributed by atoms with Crippen molar-refractivity contribution in [1.82, 2.24) is 9.88 Å². The summed E-state index contributed by atoms with van der Waals surface area (Å²) < 4.78 is 5.74. The van der Waals surface area contributed by atoms with Crippen LogP contribution in [-0.2, 0) is 13.2 Å². The monoisotopic (exact) mass is 437 g/mol. The van der Waals surface area contributed by atoms with Gasteiger partial charge >= 0.3 is 0 Å². The van der Waals surface area contributed by atoms with Crippen molar-refractivity contribution in [2.75, 3.05) is 6.54 Å². The zero-order valence-corrected chi connectivity index (χ0v) is 18.0. The Kier molecular flexibility index (Phi) is 7.23. The van der Waals surface area contributed by atoms with Crippen LogP contribution in [0.4, 0.5) is 0 Å². The molecule has 0 spiro atoms. The van der Waals surface area contributed by atoms with Crippen molar-refractivity contribution < 1.29 is 9.53 Å². The van der Waals surface area contributed by atoms with Gasteiger partial charge in [-0.25, -0.2) is 4.98 Å². The first-order valence-electron chi connectivity index (χ1n) is 9.24. The summed E-state index contributed by atoms with van der Waals surface area (Å²) >= 11 is 7.22. The van der Waals surface area contributed by atoms with Crippen LogP contribution in [0, 0.1) is 18.3 Å². The number of thiazole rings is 1. The summed E-state index contributed by atoms with van der Waals surface area (Å²) in [5, 5.41) is 10.3. The van der Waals surface area contributed by atoms with Gasteiger partial charge in [0, 0.05) is 18.1 Å². The highest BCUT2D eigenvalue weighted by molar-refractivity contribution is 7.13. The molecule has 3 aromatic rings. The summed E-state index contributed by atoms with van der Waals surface area (Å²) in [5.41, 5.74) is 2.20. The molecule has 0 unspecified atom stereocenters. The van der Waals surface area contributed by atoms with Gasteiger partial charge in [-0.3, -0.25) is 4.79 Å². The van der Waals surface area contributed by atoms with Crippen molar-refractivity contribution in [1.29, 1.82) is 5.26 Å². The molecule has 0 saturated heterocycles. The molecule has 0 atom stereocenters. The lowest BCUT2D eigenvalue weighted by atomic mass is 10.1. The van der Waals surface area contributed by atoms with E-state index in [0.717, 1.165) is 10.6 Å². The lowest BCUT2D eigenvalue weighted by Gasteiger charge is -2.20. The molecule has 0 radical (unpaired) electrons. The normalized spacial score (nSPS) is 10.3. The number of aromatic nitrogens is 1. The third-order valence-electron chi connectivity index (χ3n) is 4.30. The molecule has 2 aromatic carbocycles. The molecule has 0 aliphatic carbocycles. The maximum atomic E-state index is 13.1. The zero-order chi connectivity index (χ0) is 21.5. The van der Waals surface area contributed by atoms with Crippen molar-refractivity contribution in [2.24, 2.45) is 0 Å². The smallest absolute Gasteiger partial charge is 0.266 e. The summed E-state index contributed by atoms with van der Waals surface area (Å²) in [6.45, 7) is 6.69. The maximum absolute atomic E-state index is 13.1. The predicted octanol–water partition coefficient (Wildman–Crippen LogP) is 5.38. The molecule has 0 N–H and O–H groups in total. The first-order valence-corrected chi connectivity index (χ1v) is 10.4. The fourth-order valence-electron chi connectivity index (χ4n) is 2.81. The zero-order valence-electron chi connectivity index (χ0n) is 16.5. The van der Waals surface area contributed by atoms with Gasteiger partial charge in [-0.2, -0.15) is 5.26 Å². The Labute approximate surface area is 184 Å². The predicted molar refractivity (Wildman–Crippen MR) is 119 cm³/mol. The Hall–Kier alpha value is -3.14. The number of benzene rings is 2. The highest BCUT2D eigenvalue weighted by Crippen LogP contribution is 2.23. The third kappa shape index (κ3) is 5.47. The molecule has 152 valence electrons. The second-order valence-corrected chi connectivity index (χ2v) is 8.07. The van der Waals surface area contributed by atoms with E-state index in [1.165, 1.54) is 11.3 Å². The largest absolute Gasteiger partial charge is 0.486 e. The van der Waals surface area contributed by atoms with Gasteiger partial charge in [0.15, 0.2) is 0 Å². The minimum absolute atomic E-state index is 0.105. The number of carbonyl (C=O) groups excluding carboxylic acids is 1. The Balaban J connectivity index is 1.71. The van der Waals surface area contributed by atoms with E-state index in [1.54, 1.807) is 47.4 Å². The Morgan fingerprint density at radius 2 is 1.97 bits per heavy atom. The van der Waals surface area contributed by atoms with Crippen molar-refractivity contribution in [2.45, 2.75) is 20.1 Å². The van der Waals surface area contributed by atoms with Crippen molar-refractivity contribution in [3.05, 3.63) is 92.9 Å². The highest BCUT2D eigenvalue weighted by atomic mass is 35.5. The average molecular weight is 438 g/mol. The van der Waals surface area contributed by atoms with Crippen LogP contribution in [-0.4, -0.2) is 22.3 Å². The number of halogens is 1. The Morgan fingerprint density at radius 1 is 1.27 bits per heavy atom. The van der Waals surface area contributed by atoms with Crippen LogP contribution < -0.4 is 4.74 Å². The summed E-state index contributed by atoms with van der Waals surface area (Å²) in [6, 6.07) is 16.4. The topological polar surface area (TPSA) is 66.2 Å². The second kappa shape index (κ2) is 10.1. The van der Waals surface area contributed by atoms with Gasteiger partial charge in [0.05, 0.1) is 17.3 Å². The number of carbonyl (C=O) groups is 1. The fraction of sp³-hybridized carbons (Fsp3) is 0.174. The molecular formula is C23H20ClN3O2S. The number of nitrogens with zero attached hydrogens (tertiary/aromatic N) is 3. The van der Waals surface area contributed by atoms with Gasteiger partial charge in [-0.05, 0) is 48.9 Å². The van der Waals surface area contributed by atoms with E-state index >= 15 is 0 Å². The molecule has 0 aliphatic heterocycles. The highest BCUT2D eigenvalue weighted by Gasteiger charge is 2.21. The Bertz CT molecular complexity index is 1070. The molecule has 1 heterocycles. The van der Waals surface area contributed by atoms with E-state index in [4.69, 9.17) is 21.6 Å². The van der Waals surface area contributed by atoms with E-state index in [0.29, 0.717) is 40.0 Å². The summed E-state index contributed by atoms with van der Waals surface area (Å²) in [5.74, 6) is 0.584. The van der Waals surface area contributed by atoms with Gasteiger partial charge in [0.1, 0.15) is 22.2 Å². The van der Waals surface area contributed by atoms with Gasteiger partial charge < -0.3 is 9.64 Å². The second-order valence-electron chi connectivity index (χ2n) is 6.55. The standard InChI is InChI=1S/C23H20ClN3O2S/c1-3-12-27(14-18-6-4-17(13-25)5-7-18)23(28)22-16(2)26-21(30-22)15-29-20-10-8-19(24)9-11-20/h3-11H,1,12,14-15H2,2H3. The molecule has 3 rings (SSSR count). The van der Waals surface area contributed by atoms with Crippen LogP contribution in [0.5, 0.6) is 5.75 Å². The summed E-state index contributed by atoms with van der Waals surface area (Å²) in [4.78, 5) is 19.9. The van der Waals surface area contributed by atoms with E-state index in [2.05, 4.69) is 17.6 Å². The number of hydrogen-bond donors (Lipinski definition) is 0. The number of nitriles is 1. The number of ether oxygens (including phenoxy) is 1. The minimum atomic E-state index is -0.105. The van der Waals surface area contributed by atoms with Gasteiger partial charge in [0.25, 0.3) is 5.91 Å². The van der Waals surface area contributed by atoms with Crippen LogP contribution in [0.15, 0.2) is 61.2 Å². The summed E-state index contributed by atoms with van der Waals surface area (Å²) in [7, 11) is 0. The number of hydrogen-bond acceptors (Lipinski definition) is 5. The number of aryl methyl sites for hydroxylation is 1. The Morgan fingerprint density at radius 3 is 2.60 bits per heavy atom. The van der Waals surface area contributed by atoms with Gasteiger partial charge in [0.2, 0.25) is 0 Å². The SMILES string of the molecule is C=CCN(Cc1ccc(C#N)cc1)C(=O)c1sc(COc2ccc(Cl)cc2)nc1C. The molecule has 1 aromatic heterocycles. The molecule has 0 saturated carbocycles. The van der Waals surface area contributed by atoms with Crippen LogP contribution in [0.2, 0.25) is 5.02 Å². The third-order valence-corrected chi connectivity index (χ3v) is 5.68. The number of rotatable bonds is 8. The molecule has 1 amide bonds. The molecule has 5 nitrogen and oxygen atoms in total. The average Bonchev–Trinajstić information content (AvgIpc) is 3.13. The fourth-order valence-corrected chi connectivity index (χ4v) is 3.88. The number of amides is 1. The minimum Gasteiger partial charge on any atom is -0.486 e. The van der Waals surface area contributed by atoms with Crippen LogP contribution in [0.1, 0.15) is 31.5 Å². The van der Waals surface area contributed by atoms with E-state index in [9.17, 15) is 4.79 Å². The van der Waals surface area contributed by atoms with Gasteiger partial charge in [-0.15, -0.1) is 17.9 Å². The maximum Gasteiger partial charge on any atom is 0.266 e. The van der Waals surface area contributed by atoms with Crippen molar-refractivity contribution in [3.63, 3.8) is 0 Å². The molecule has 0 fully saturated rings. The molecule has 0 bridgehead atoms. The van der Waals surface area contributed by atoms with Crippen molar-refractivity contribution >= 4 is 28.8 Å².